The molecule has 0 aliphatic heterocycles. The lowest BCUT2D eigenvalue weighted by Gasteiger charge is -2.31. The van der Waals surface area contributed by atoms with E-state index in [-0.39, 0.29) is 10.8 Å². The average molecular weight is 1180 g/mol. The van der Waals surface area contributed by atoms with Crippen LogP contribution in [0.1, 0.15) is 47.2 Å². The molecule has 2 aliphatic carbocycles. The lowest BCUT2D eigenvalue weighted by atomic mass is 9.74. The summed E-state index contributed by atoms with van der Waals surface area (Å²) in [6, 6.07) is 118. The number of thiophene rings is 2. The Bertz CT molecular complexity index is 5090. The summed E-state index contributed by atoms with van der Waals surface area (Å²) in [7, 11) is 0. The zero-order valence-corrected chi connectivity index (χ0v) is 51.4. The topological polar surface area (TPSA) is 6.48 Å². The molecular weight excluding hydrogens is 1130 g/mol. The fraction of sp³-hybridized carbons (Fsp3) is 0.0465. The highest BCUT2D eigenvalue weighted by molar-refractivity contribution is 7.26. The normalized spacial score (nSPS) is 13.4. The van der Waals surface area contributed by atoms with Crippen molar-refractivity contribution in [3.8, 4) is 44.5 Å². The summed E-state index contributed by atoms with van der Waals surface area (Å²) >= 11 is 3.78. The quantitative estimate of drug-likeness (QED) is 0.135. The van der Waals surface area contributed by atoms with E-state index in [9.17, 15) is 0 Å². The van der Waals surface area contributed by atoms with Gasteiger partial charge in [0, 0.05) is 85.3 Å². The maximum atomic E-state index is 2.45. The minimum Gasteiger partial charge on any atom is -0.310 e. The van der Waals surface area contributed by atoms with Gasteiger partial charge in [-0.25, -0.2) is 0 Å². The van der Waals surface area contributed by atoms with Crippen LogP contribution in [-0.2, 0) is 10.8 Å². The summed E-state index contributed by atoms with van der Waals surface area (Å²) in [6.45, 7) is 4.81. The molecule has 18 rings (SSSR count). The van der Waals surface area contributed by atoms with Gasteiger partial charge in [0.15, 0.2) is 0 Å². The molecule has 16 aromatic rings. The Labute approximate surface area is 532 Å². The number of fused-ring (bicyclic) bond motifs is 13. The molecule has 0 atom stereocenters. The summed E-state index contributed by atoms with van der Waals surface area (Å²) in [6.07, 6.45) is 0. The number of hydrogen-bond donors (Lipinski definition) is 0. The van der Waals surface area contributed by atoms with Crippen molar-refractivity contribution in [1.82, 2.24) is 0 Å². The summed E-state index contributed by atoms with van der Waals surface area (Å²) in [5.41, 5.74) is 24.1. The smallest absolute Gasteiger partial charge is 0.0476 e. The van der Waals surface area contributed by atoms with Gasteiger partial charge in [0.05, 0.1) is 0 Å². The third-order valence-electron chi connectivity index (χ3n) is 19.8. The third kappa shape index (κ3) is 8.15. The third-order valence-corrected chi connectivity index (χ3v) is 22.0. The molecule has 14 aromatic carbocycles. The Balaban J connectivity index is 0.728. The molecule has 2 aromatic heterocycles. The molecule has 0 radical (unpaired) electrons. The van der Waals surface area contributed by atoms with Crippen LogP contribution < -0.4 is 9.80 Å². The van der Waals surface area contributed by atoms with Crippen molar-refractivity contribution < 1.29 is 0 Å². The molecule has 90 heavy (non-hydrogen) atoms. The molecule has 0 amide bonds. The van der Waals surface area contributed by atoms with E-state index in [1.54, 1.807) is 0 Å². The van der Waals surface area contributed by atoms with Crippen molar-refractivity contribution >= 4 is 108 Å². The van der Waals surface area contributed by atoms with Crippen molar-refractivity contribution in [2.24, 2.45) is 0 Å². The summed E-state index contributed by atoms with van der Waals surface area (Å²) < 4.78 is 5.11. The van der Waals surface area contributed by atoms with Crippen LogP contribution >= 0.6 is 22.7 Å². The molecule has 0 N–H and O–H groups in total. The standard InChI is InChI=1S/C86H58N2S2/c1-85(77-31-13-9-27-69(77)70-28-10-14-32-78(70)85)61-23-17-25-65(51-61)87(63-39-35-57(36-40-63)55-19-5-3-6-20-55)67-43-45-73-75-47-59-50-82-76(48-60(59)49-81(75)89-83(73)53-67)74-46-44-68(54-84(74)90-82)88(64-41-37-58(38-42-64)56-21-7-4-8-22-56)66-26-18-24-62(52-66)86(2)79-33-15-11-29-71(79)72-30-12-16-34-80(72)86/h3-54H,1-2H3. The summed E-state index contributed by atoms with van der Waals surface area (Å²) in [5.74, 6) is 0. The Hall–Kier alpha value is -10.6. The summed E-state index contributed by atoms with van der Waals surface area (Å²) in [5, 5.41) is 7.64. The lowest BCUT2D eigenvalue weighted by molar-refractivity contribution is 0.714. The van der Waals surface area contributed by atoms with E-state index in [1.807, 2.05) is 22.7 Å². The number of benzene rings is 14. The SMILES string of the molecule is CC1(c2cccc(N(c3ccc(-c4ccccc4)cc3)c3ccc4c(c3)sc3cc5cc6c(cc5cc34)sc3cc(N(c4ccc(-c5ccccc5)cc4)c4cccc(C5(C)c7ccccc7-c7ccccc75)c4)ccc36)c2)c2ccccc2-c2ccccc21. The molecule has 0 unspecified atom stereocenters. The van der Waals surface area contributed by atoms with Gasteiger partial charge in [0.2, 0.25) is 0 Å². The number of rotatable bonds is 10. The molecule has 2 nitrogen and oxygen atoms in total. The highest BCUT2D eigenvalue weighted by Crippen LogP contribution is 2.55. The minimum atomic E-state index is -0.324. The molecule has 2 aliphatic rings. The number of hydrogen-bond acceptors (Lipinski definition) is 4. The minimum absolute atomic E-state index is 0.324. The molecule has 0 saturated heterocycles. The fourth-order valence-corrected chi connectivity index (χ4v) is 17.6. The van der Waals surface area contributed by atoms with Gasteiger partial charge in [-0.3, -0.25) is 0 Å². The lowest BCUT2D eigenvalue weighted by Crippen LogP contribution is -2.23. The predicted molar refractivity (Wildman–Crippen MR) is 385 cm³/mol. The van der Waals surface area contributed by atoms with Crippen LogP contribution in [0, 0.1) is 0 Å². The van der Waals surface area contributed by atoms with E-state index in [1.165, 1.54) is 129 Å². The number of anilines is 6. The van der Waals surface area contributed by atoms with Gasteiger partial charge >= 0.3 is 0 Å². The monoisotopic (exact) mass is 1180 g/mol. The predicted octanol–water partition coefficient (Wildman–Crippen LogP) is 24.5. The molecule has 0 saturated carbocycles. The van der Waals surface area contributed by atoms with Gasteiger partial charge in [-0.1, -0.05) is 218 Å². The Morgan fingerprint density at radius 1 is 0.233 bits per heavy atom. The first kappa shape index (κ1) is 52.5. The molecule has 424 valence electrons. The van der Waals surface area contributed by atoms with Gasteiger partial charge in [0.1, 0.15) is 0 Å². The number of nitrogens with zero attached hydrogens (tertiary/aromatic N) is 2. The Kier molecular flexibility index (Phi) is 11.9. The van der Waals surface area contributed by atoms with Crippen LogP contribution in [0.15, 0.2) is 315 Å². The van der Waals surface area contributed by atoms with Crippen LogP contribution in [0.3, 0.4) is 0 Å². The van der Waals surface area contributed by atoms with Crippen LogP contribution in [0.5, 0.6) is 0 Å². The second-order valence-corrected chi connectivity index (χ2v) is 26.8. The first-order chi connectivity index (χ1) is 44.3. The maximum absolute atomic E-state index is 2.45. The molecular formula is C86H58N2S2. The zero-order valence-electron chi connectivity index (χ0n) is 49.7. The van der Waals surface area contributed by atoms with Crippen LogP contribution in [0.4, 0.5) is 34.1 Å². The highest BCUT2D eigenvalue weighted by atomic mass is 32.1. The van der Waals surface area contributed by atoms with Crippen LogP contribution in [0.25, 0.3) is 95.6 Å². The highest BCUT2D eigenvalue weighted by Gasteiger charge is 2.42. The average Bonchev–Trinajstić information content (AvgIpc) is 1.62. The van der Waals surface area contributed by atoms with Crippen molar-refractivity contribution in [3.05, 3.63) is 349 Å². The molecule has 0 bridgehead atoms. The first-order valence-corrected chi connectivity index (χ1v) is 32.7. The second kappa shape index (κ2) is 20.5. The van der Waals surface area contributed by atoms with Gasteiger partial charge < -0.3 is 9.80 Å². The van der Waals surface area contributed by atoms with E-state index in [2.05, 4.69) is 339 Å². The van der Waals surface area contributed by atoms with Gasteiger partial charge in [-0.15, -0.1) is 22.7 Å². The van der Waals surface area contributed by atoms with Crippen LogP contribution in [0.2, 0.25) is 0 Å². The maximum Gasteiger partial charge on any atom is 0.0476 e. The zero-order chi connectivity index (χ0) is 59.7. The van der Waals surface area contributed by atoms with E-state index < -0.39 is 0 Å². The molecule has 0 fully saturated rings. The first-order valence-electron chi connectivity index (χ1n) is 31.1. The van der Waals surface area contributed by atoms with E-state index in [4.69, 9.17) is 0 Å². The second-order valence-electron chi connectivity index (χ2n) is 24.6. The molecule has 2 heterocycles. The fourth-order valence-electron chi connectivity index (χ4n) is 15.3. The Morgan fingerprint density at radius 2 is 0.544 bits per heavy atom. The Morgan fingerprint density at radius 3 is 0.922 bits per heavy atom. The van der Waals surface area contributed by atoms with E-state index >= 15 is 0 Å². The van der Waals surface area contributed by atoms with Crippen LogP contribution in [-0.4, -0.2) is 0 Å². The van der Waals surface area contributed by atoms with Crippen molar-refractivity contribution in [3.63, 3.8) is 0 Å². The van der Waals surface area contributed by atoms with E-state index in [0.29, 0.717) is 0 Å². The molecule has 0 spiro atoms. The van der Waals surface area contributed by atoms with Gasteiger partial charge in [-0.05, 0) is 200 Å². The van der Waals surface area contributed by atoms with Gasteiger partial charge in [0.25, 0.3) is 0 Å². The van der Waals surface area contributed by atoms with Crippen molar-refractivity contribution in [2.75, 3.05) is 9.80 Å². The summed E-state index contributed by atoms with van der Waals surface area (Å²) in [4.78, 5) is 4.90. The van der Waals surface area contributed by atoms with Crippen molar-refractivity contribution in [2.45, 2.75) is 24.7 Å². The van der Waals surface area contributed by atoms with E-state index in [0.717, 1.165) is 34.1 Å². The van der Waals surface area contributed by atoms with Gasteiger partial charge in [-0.2, -0.15) is 0 Å². The largest absolute Gasteiger partial charge is 0.310 e. The molecule has 4 heteroatoms. The van der Waals surface area contributed by atoms with Crippen molar-refractivity contribution in [1.29, 1.82) is 0 Å².